The fourth-order valence-electron chi connectivity index (χ4n) is 1.52. The molecule has 1 aromatic rings. The second-order valence-electron chi connectivity index (χ2n) is 3.80. The van der Waals surface area contributed by atoms with E-state index in [1.165, 1.54) is 11.1 Å². The summed E-state index contributed by atoms with van der Waals surface area (Å²) in [6, 6.07) is 4.98. The first-order chi connectivity index (χ1) is 9.57. The van der Waals surface area contributed by atoms with Crippen LogP contribution in [0.5, 0.6) is 0 Å². The molecular formula is C13H15N7. The Hall–Kier alpha value is -3.09. The molecule has 20 heavy (non-hydrogen) atoms. The van der Waals surface area contributed by atoms with Gasteiger partial charge in [0.2, 0.25) is 0 Å². The molecule has 102 valence electrons. The number of anilines is 1. The van der Waals surface area contributed by atoms with Gasteiger partial charge in [0.25, 0.3) is 0 Å². The standard InChI is InChI=1S/C13H15N7/c1-9(5-14)10-2-11(13(17)6-19-18)4-12(3-10)20(7-15)8-16/h2-8,14-17H,1,18H2/b14-5?,15-7?,16-8?,17-13?,19-6-. The first kappa shape index (κ1) is 15.0. The second-order valence-corrected chi connectivity index (χ2v) is 3.80. The Bertz CT molecular complexity index is 593. The third-order valence-electron chi connectivity index (χ3n) is 2.55. The van der Waals surface area contributed by atoms with Crippen LogP contribution in [0.2, 0.25) is 0 Å². The third-order valence-corrected chi connectivity index (χ3v) is 2.55. The lowest BCUT2D eigenvalue weighted by Gasteiger charge is -2.15. The number of hydrazone groups is 1. The summed E-state index contributed by atoms with van der Waals surface area (Å²) in [4.78, 5) is 1.26. The van der Waals surface area contributed by atoms with Crippen molar-refractivity contribution in [3.05, 3.63) is 35.9 Å². The Kier molecular flexibility index (Phi) is 5.04. The number of allylic oxidation sites excluding steroid dienone is 1. The van der Waals surface area contributed by atoms with Gasteiger partial charge in [-0.1, -0.05) is 6.58 Å². The summed E-state index contributed by atoms with van der Waals surface area (Å²) in [5, 5.41) is 32.9. The molecule has 0 aromatic heterocycles. The Morgan fingerprint density at radius 1 is 1.15 bits per heavy atom. The SMILES string of the molecule is C=C(C=N)c1cc(C(=N)/C=N\N)cc(N(C=N)C=N)c1. The van der Waals surface area contributed by atoms with Gasteiger partial charge in [-0.05, 0) is 29.3 Å². The lowest BCUT2D eigenvalue weighted by molar-refractivity contribution is 1.27. The third kappa shape index (κ3) is 3.22. The van der Waals surface area contributed by atoms with E-state index in [1.807, 2.05) is 0 Å². The number of hydrogen-bond acceptors (Lipinski definition) is 6. The van der Waals surface area contributed by atoms with E-state index in [0.717, 1.165) is 18.9 Å². The lowest BCUT2D eigenvalue weighted by atomic mass is 10.0. The van der Waals surface area contributed by atoms with Crippen LogP contribution >= 0.6 is 0 Å². The Labute approximate surface area is 116 Å². The first-order valence-electron chi connectivity index (χ1n) is 5.54. The van der Waals surface area contributed by atoms with Gasteiger partial charge in [-0.3, -0.25) is 21.1 Å². The zero-order valence-electron chi connectivity index (χ0n) is 10.7. The topological polar surface area (TPSA) is 137 Å². The number of nitrogens with one attached hydrogen (secondary N) is 4. The largest absolute Gasteiger partial charge is 0.323 e. The summed E-state index contributed by atoms with van der Waals surface area (Å²) >= 11 is 0. The van der Waals surface area contributed by atoms with Crippen LogP contribution in [0.15, 0.2) is 29.9 Å². The van der Waals surface area contributed by atoms with Crippen molar-refractivity contribution in [1.82, 2.24) is 0 Å². The highest BCUT2D eigenvalue weighted by Gasteiger charge is 2.09. The van der Waals surface area contributed by atoms with E-state index in [1.54, 1.807) is 18.2 Å². The van der Waals surface area contributed by atoms with Crippen molar-refractivity contribution in [2.24, 2.45) is 10.9 Å². The van der Waals surface area contributed by atoms with Crippen molar-refractivity contribution in [3.8, 4) is 0 Å². The van der Waals surface area contributed by atoms with E-state index in [0.29, 0.717) is 22.4 Å². The van der Waals surface area contributed by atoms with Gasteiger partial charge in [0.05, 0.1) is 24.6 Å². The monoisotopic (exact) mass is 269 g/mol. The molecule has 0 heterocycles. The average molecular weight is 269 g/mol. The van der Waals surface area contributed by atoms with Crippen molar-refractivity contribution in [3.63, 3.8) is 0 Å². The van der Waals surface area contributed by atoms with E-state index in [9.17, 15) is 0 Å². The van der Waals surface area contributed by atoms with Crippen LogP contribution in [-0.2, 0) is 0 Å². The molecule has 1 aromatic carbocycles. The fraction of sp³-hybridized carbons (Fsp3) is 0. The molecule has 0 spiro atoms. The molecule has 0 aliphatic heterocycles. The maximum Gasteiger partial charge on any atom is 0.0915 e. The smallest absolute Gasteiger partial charge is 0.0915 e. The highest BCUT2D eigenvalue weighted by Crippen LogP contribution is 2.22. The molecule has 0 radical (unpaired) electrons. The summed E-state index contributed by atoms with van der Waals surface area (Å²) in [5.41, 5.74) is 2.18. The molecule has 0 atom stereocenters. The summed E-state index contributed by atoms with van der Waals surface area (Å²) in [6.07, 6.45) is 4.24. The van der Waals surface area contributed by atoms with Gasteiger partial charge in [0, 0.05) is 17.5 Å². The van der Waals surface area contributed by atoms with Crippen LogP contribution in [0, 0.1) is 21.6 Å². The predicted molar refractivity (Wildman–Crippen MR) is 83.8 cm³/mol. The molecule has 0 bridgehead atoms. The zero-order chi connectivity index (χ0) is 15.1. The maximum absolute atomic E-state index is 7.83. The van der Waals surface area contributed by atoms with Crippen LogP contribution in [-0.4, -0.2) is 30.8 Å². The maximum atomic E-state index is 7.83. The van der Waals surface area contributed by atoms with Crippen molar-refractivity contribution < 1.29 is 0 Å². The number of rotatable bonds is 7. The normalized spacial score (nSPS) is 10.0. The minimum atomic E-state index is 0.0864. The molecule has 7 heteroatoms. The molecule has 1 rings (SSSR count). The quantitative estimate of drug-likeness (QED) is 0.223. The molecule has 0 aliphatic rings. The van der Waals surface area contributed by atoms with E-state index in [2.05, 4.69) is 11.7 Å². The molecule has 0 unspecified atom stereocenters. The minimum absolute atomic E-state index is 0.0864. The van der Waals surface area contributed by atoms with Crippen LogP contribution in [0.3, 0.4) is 0 Å². The number of benzene rings is 1. The second kappa shape index (κ2) is 6.74. The van der Waals surface area contributed by atoms with Crippen molar-refractivity contribution >= 4 is 42.1 Å². The summed E-state index contributed by atoms with van der Waals surface area (Å²) in [6.45, 7) is 3.74. The summed E-state index contributed by atoms with van der Waals surface area (Å²) < 4.78 is 0. The number of hydrogen-bond donors (Lipinski definition) is 5. The zero-order valence-corrected chi connectivity index (χ0v) is 10.7. The van der Waals surface area contributed by atoms with E-state index in [-0.39, 0.29) is 5.71 Å². The summed E-state index contributed by atoms with van der Waals surface area (Å²) in [5.74, 6) is 5.03. The van der Waals surface area contributed by atoms with Gasteiger partial charge >= 0.3 is 0 Å². The van der Waals surface area contributed by atoms with E-state index in [4.69, 9.17) is 27.5 Å². The summed E-state index contributed by atoms with van der Waals surface area (Å²) in [7, 11) is 0. The van der Waals surface area contributed by atoms with Crippen molar-refractivity contribution in [2.45, 2.75) is 0 Å². The fourth-order valence-corrected chi connectivity index (χ4v) is 1.52. The predicted octanol–water partition coefficient (Wildman–Crippen LogP) is 1.68. The molecular weight excluding hydrogens is 254 g/mol. The van der Waals surface area contributed by atoms with Gasteiger partial charge in [-0.15, -0.1) is 0 Å². The van der Waals surface area contributed by atoms with Crippen LogP contribution in [0.25, 0.3) is 5.57 Å². The highest BCUT2D eigenvalue weighted by atomic mass is 15.1. The van der Waals surface area contributed by atoms with Gasteiger partial charge in [-0.2, -0.15) is 5.10 Å². The Morgan fingerprint density at radius 2 is 1.75 bits per heavy atom. The van der Waals surface area contributed by atoms with Crippen molar-refractivity contribution in [1.29, 1.82) is 21.6 Å². The van der Waals surface area contributed by atoms with Gasteiger partial charge in [-0.25, -0.2) is 0 Å². The van der Waals surface area contributed by atoms with Gasteiger partial charge < -0.3 is 11.3 Å². The van der Waals surface area contributed by atoms with Crippen molar-refractivity contribution in [2.75, 3.05) is 4.90 Å². The van der Waals surface area contributed by atoms with E-state index >= 15 is 0 Å². The van der Waals surface area contributed by atoms with Crippen LogP contribution in [0.1, 0.15) is 11.1 Å². The molecule has 0 saturated carbocycles. The molecule has 6 N–H and O–H groups in total. The molecule has 0 aliphatic carbocycles. The lowest BCUT2D eigenvalue weighted by Crippen LogP contribution is -2.18. The molecule has 0 amide bonds. The Morgan fingerprint density at radius 3 is 2.25 bits per heavy atom. The molecule has 0 saturated heterocycles. The van der Waals surface area contributed by atoms with Crippen LogP contribution < -0.4 is 10.7 Å². The van der Waals surface area contributed by atoms with E-state index < -0.39 is 0 Å². The average Bonchev–Trinajstić information content (AvgIpc) is 2.47. The number of nitrogens with zero attached hydrogens (tertiary/aromatic N) is 2. The van der Waals surface area contributed by atoms with Gasteiger partial charge in [0.1, 0.15) is 0 Å². The minimum Gasteiger partial charge on any atom is -0.323 e. The molecule has 0 fully saturated rings. The van der Waals surface area contributed by atoms with Gasteiger partial charge in [0.15, 0.2) is 0 Å². The highest BCUT2D eigenvalue weighted by molar-refractivity contribution is 6.37. The first-order valence-corrected chi connectivity index (χ1v) is 5.54. The van der Waals surface area contributed by atoms with Crippen LogP contribution in [0.4, 0.5) is 5.69 Å². The Balaban J connectivity index is 3.45. The number of nitrogens with two attached hydrogens (primary N) is 1. The molecule has 7 nitrogen and oxygen atoms in total.